The molecule has 0 bridgehead atoms. The molecule has 2 saturated heterocycles. The zero-order valence-electron chi connectivity index (χ0n) is 15.0. The van der Waals surface area contributed by atoms with Gasteiger partial charge in [0.25, 0.3) is 0 Å². The molecule has 1 N–H and O–H groups in total. The Bertz CT molecular complexity index is 517. The van der Waals surface area contributed by atoms with Crippen LogP contribution < -0.4 is 0 Å². The number of hydrogen-bond acceptors (Lipinski definition) is 4. The third-order valence-corrected chi connectivity index (χ3v) is 5.86. The van der Waals surface area contributed by atoms with E-state index in [-0.39, 0.29) is 30.0 Å². The highest BCUT2D eigenvalue weighted by Gasteiger charge is 2.44. The molecule has 0 aromatic heterocycles. The highest BCUT2D eigenvalue weighted by Crippen LogP contribution is 2.36. The summed E-state index contributed by atoms with van der Waals surface area (Å²) in [5, 5.41) is 9.68. The van der Waals surface area contributed by atoms with Crippen LogP contribution in [-0.4, -0.2) is 47.8 Å². The Balaban J connectivity index is 1.72. The number of aliphatic hydroxyl groups is 1. The van der Waals surface area contributed by atoms with Gasteiger partial charge < -0.3 is 14.7 Å². The Morgan fingerprint density at radius 2 is 1.92 bits per heavy atom. The fourth-order valence-corrected chi connectivity index (χ4v) is 4.23. The van der Waals surface area contributed by atoms with Gasteiger partial charge in [0, 0.05) is 25.6 Å². The van der Waals surface area contributed by atoms with Gasteiger partial charge in [-0.15, -0.1) is 0 Å². The van der Waals surface area contributed by atoms with Crippen molar-refractivity contribution >= 4 is 5.97 Å². The van der Waals surface area contributed by atoms with E-state index in [1.807, 2.05) is 0 Å². The molecule has 2 heterocycles. The predicted molar refractivity (Wildman–Crippen MR) is 94.5 cm³/mol. The second kappa shape index (κ2) is 7.83. The molecule has 2 fully saturated rings. The first-order valence-electron chi connectivity index (χ1n) is 9.47. The average molecular weight is 333 g/mol. The molecular weight excluding hydrogens is 302 g/mol. The highest BCUT2D eigenvalue weighted by molar-refractivity contribution is 5.76. The number of rotatable bonds is 2. The SMILES string of the molecule is CC1=CCC/C(C)=C/[C@H]2OC(=O)[C@@H](CN3CCC(O)CC3)[C@@H]2CC1. The lowest BCUT2D eigenvalue weighted by Crippen LogP contribution is -2.41. The number of fused-ring (bicyclic) bond motifs is 1. The Labute approximate surface area is 145 Å². The maximum absolute atomic E-state index is 12.5. The minimum absolute atomic E-state index is 0.0264. The zero-order chi connectivity index (χ0) is 17.1. The fraction of sp³-hybridized carbons (Fsp3) is 0.750. The molecule has 0 spiro atoms. The Morgan fingerprint density at radius 3 is 2.67 bits per heavy atom. The lowest BCUT2D eigenvalue weighted by atomic mass is 9.83. The van der Waals surface area contributed by atoms with Gasteiger partial charge >= 0.3 is 5.97 Å². The molecule has 1 aliphatic carbocycles. The summed E-state index contributed by atoms with van der Waals surface area (Å²) in [6.07, 6.45) is 10.1. The molecule has 0 saturated carbocycles. The third-order valence-electron chi connectivity index (χ3n) is 5.86. The van der Waals surface area contributed by atoms with Gasteiger partial charge in [-0.05, 0) is 58.4 Å². The summed E-state index contributed by atoms with van der Waals surface area (Å²) in [7, 11) is 0. The number of esters is 1. The number of likely N-dealkylation sites (tertiary alicyclic amines) is 1. The minimum atomic E-state index is -0.170. The summed E-state index contributed by atoms with van der Waals surface area (Å²) in [5.41, 5.74) is 2.76. The van der Waals surface area contributed by atoms with E-state index >= 15 is 0 Å². The summed E-state index contributed by atoms with van der Waals surface area (Å²) in [4.78, 5) is 14.9. The first-order chi connectivity index (χ1) is 11.5. The van der Waals surface area contributed by atoms with E-state index < -0.39 is 0 Å². The van der Waals surface area contributed by atoms with E-state index in [0.29, 0.717) is 0 Å². The van der Waals surface area contributed by atoms with Crippen molar-refractivity contribution < 1.29 is 14.6 Å². The molecule has 4 heteroatoms. The Morgan fingerprint density at radius 1 is 1.17 bits per heavy atom. The van der Waals surface area contributed by atoms with Gasteiger partial charge in [-0.2, -0.15) is 0 Å². The van der Waals surface area contributed by atoms with Crippen LogP contribution >= 0.6 is 0 Å². The summed E-state index contributed by atoms with van der Waals surface area (Å²) in [6.45, 7) is 6.90. The summed E-state index contributed by atoms with van der Waals surface area (Å²) < 4.78 is 5.77. The van der Waals surface area contributed by atoms with Crippen LogP contribution in [-0.2, 0) is 9.53 Å². The fourth-order valence-electron chi connectivity index (χ4n) is 4.23. The normalized spacial score (nSPS) is 35.6. The Hall–Kier alpha value is -1.13. The number of allylic oxidation sites excluding steroid dienone is 3. The lowest BCUT2D eigenvalue weighted by Gasteiger charge is -2.32. The van der Waals surface area contributed by atoms with Crippen molar-refractivity contribution in [3.05, 3.63) is 23.3 Å². The molecule has 0 unspecified atom stereocenters. The summed E-state index contributed by atoms with van der Waals surface area (Å²) in [5.74, 6) is 0.225. The van der Waals surface area contributed by atoms with Crippen molar-refractivity contribution in [2.75, 3.05) is 19.6 Å². The van der Waals surface area contributed by atoms with E-state index in [9.17, 15) is 9.90 Å². The number of carbonyl (C=O) groups excluding carboxylic acids is 1. The van der Waals surface area contributed by atoms with Gasteiger partial charge in [0.05, 0.1) is 12.0 Å². The van der Waals surface area contributed by atoms with Crippen molar-refractivity contribution in [2.24, 2.45) is 11.8 Å². The van der Waals surface area contributed by atoms with Crippen LogP contribution in [0.4, 0.5) is 0 Å². The van der Waals surface area contributed by atoms with Gasteiger partial charge in [0.2, 0.25) is 0 Å². The number of hydrogen-bond donors (Lipinski definition) is 1. The van der Waals surface area contributed by atoms with Crippen molar-refractivity contribution in [1.29, 1.82) is 0 Å². The molecule has 0 radical (unpaired) electrons. The number of ether oxygens (including phenoxy) is 1. The van der Waals surface area contributed by atoms with Crippen LogP contribution in [0.1, 0.15) is 52.4 Å². The van der Waals surface area contributed by atoms with E-state index in [0.717, 1.165) is 58.2 Å². The second-order valence-corrected chi connectivity index (χ2v) is 7.84. The molecular formula is C20H31NO3. The smallest absolute Gasteiger partial charge is 0.311 e. The maximum Gasteiger partial charge on any atom is 0.311 e. The van der Waals surface area contributed by atoms with Crippen LogP contribution in [0, 0.1) is 11.8 Å². The van der Waals surface area contributed by atoms with Crippen molar-refractivity contribution in [3.63, 3.8) is 0 Å². The summed E-state index contributed by atoms with van der Waals surface area (Å²) in [6, 6.07) is 0. The Kier molecular flexibility index (Phi) is 5.77. The number of carbonyl (C=O) groups is 1. The molecule has 3 atom stereocenters. The zero-order valence-corrected chi connectivity index (χ0v) is 15.0. The molecule has 2 aliphatic heterocycles. The van der Waals surface area contributed by atoms with Gasteiger partial charge in [-0.25, -0.2) is 0 Å². The molecule has 3 rings (SSSR count). The quantitative estimate of drug-likeness (QED) is 0.623. The summed E-state index contributed by atoms with van der Waals surface area (Å²) >= 11 is 0. The van der Waals surface area contributed by atoms with E-state index in [1.165, 1.54) is 11.1 Å². The van der Waals surface area contributed by atoms with Crippen molar-refractivity contribution in [2.45, 2.75) is 64.6 Å². The van der Waals surface area contributed by atoms with Crippen molar-refractivity contribution in [3.8, 4) is 0 Å². The number of aliphatic hydroxyl groups excluding tert-OH is 1. The standard InChI is InChI=1S/C20H31NO3/c1-14-4-3-5-15(2)12-19-17(7-6-14)18(20(23)24-19)13-21-10-8-16(22)9-11-21/h4,12,16-19,22H,3,5-11,13H2,1-2H3/b14-4?,15-12+/t17-,18-,19+/m0/s1. The van der Waals surface area contributed by atoms with E-state index in [2.05, 4.69) is 30.9 Å². The highest BCUT2D eigenvalue weighted by atomic mass is 16.6. The van der Waals surface area contributed by atoms with Gasteiger partial charge in [-0.3, -0.25) is 4.79 Å². The minimum Gasteiger partial charge on any atom is -0.458 e. The first-order valence-corrected chi connectivity index (χ1v) is 9.47. The predicted octanol–water partition coefficient (Wildman–Crippen LogP) is 3.07. The molecule has 3 aliphatic rings. The third kappa shape index (κ3) is 4.28. The molecule has 0 aromatic rings. The largest absolute Gasteiger partial charge is 0.458 e. The van der Waals surface area contributed by atoms with E-state index in [1.54, 1.807) is 0 Å². The maximum atomic E-state index is 12.5. The monoisotopic (exact) mass is 333 g/mol. The topological polar surface area (TPSA) is 49.8 Å². The first kappa shape index (κ1) is 17.7. The molecule has 24 heavy (non-hydrogen) atoms. The van der Waals surface area contributed by atoms with Gasteiger partial charge in [-0.1, -0.05) is 17.2 Å². The number of piperidine rings is 1. The lowest BCUT2D eigenvalue weighted by molar-refractivity contribution is -0.143. The van der Waals surface area contributed by atoms with Crippen molar-refractivity contribution in [1.82, 2.24) is 4.90 Å². The van der Waals surface area contributed by atoms with Gasteiger partial charge in [0.1, 0.15) is 6.10 Å². The van der Waals surface area contributed by atoms with E-state index in [4.69, 9.17) is 4.74 Å². The van der Waals surface area contributed by atoms with Crippen LogP contribution in [0.2, 0.25) is 0 Å². The molecule has 134 valence electrons. The molecule has 0 amide bonds. The average Bonchev–Trinajstić information content (AvgIpc) is 2.82. The van der Waals surface area contributed by atoms with Gasteiger partial charge in [0.15, 0.2) is 0 Å². The second-order valence-electron chi connectivity index (χ2n) is 7.84. The van der Waals surface area contributed by atoms with Crippen LogP contribution in [0.15, 0.2) is 23.3 Å². The van der Waals surface area contributed by atoms with Crippen LogP contribution in [0.3, 0.4) is 0 Å². The molecule has 4 nitrogen and oxygen atoms in total. The van der Waals surface area contributed by atoms with Crippen LogP contribution in [0.25, 0.3) is 0 Å². The molecule has 0 aromatic carbocycles. The van der Waals surface area contributed by atoms with Crippen LogP contribution in [0.5, 0.6) is 0 Å². The number of nitrogens with zero attached hydrogens (tertiary/aromatic N) is 1.